The van der Waals surface area contributed by atoms with Crippen molar-refractivity contribution in [1.82, 2.24) is 0 Å². The Kier molecular flexibility index (Phi) is 4.22. The first-order valence-electron chi connectivity index (χ1n) is 5.53. The lowest BCUT2D eigenvalue weighted by Crippen LogP contribution is -2.14. The summed E-state index contributed by atoms with van der Waals surface area (Å²) in [7, 11) is -4.01. The lowest BCUT2D eigenvalue weighted by molar-refractivity contribution is 0.598. The predicted molar refractivity (Wildman–Crippen MR) is 78.4 cm³/mol. The normalized spacial score (nSPS) is 11.4. The molecule has 0 bridgehead atoms. The molecule has 2 aromatic carbocycles. The largest absolute Gasteiger partial charge is 0.277 e. The molecule has 0 aliphatic carbocycles. The van der Waals surface area contributed by atoms with Crippen LogP contribution in [-0.2, 0) is 10.0 Å². The second-order valence-electron chi connectivity index (χ2n) is 4.16. The minimum Gasteiger partial charge on any atom is -0.277 e. The fourth-order valence-corrected chi connectivity index (χ4v) is 3.42. The average molecular weight is 334 g/mol. The molecule has 0 heterocycles. The van der Waals surface area contributed by atoms with Crippen LogP contribution in [0.3, 0.4) is 0 Å². The first kappa shape index (κ1) is 15.1. The summed E-state index contributed by atoms with van der Waals surface area (Å²) in [6.07, 6.45) is 0. The van der Waals surface area contributed by atoms with E-state index in [1.807, 2.05) is 0 Å². The van der Waals surface area contributed by atoms with Gasteiger partial charge in [-0.1, -0.05) is 29.3 Å². The van der Waals surface area contributed by atoms with E-state index in [9.17, 15) is 12.8 Å². The summed E-state index contributed by atoms with van der Waals surface area (Å²) in [5.41, 5.74) is 0.540. The summed E-state index contributed by atoms with van der Waals surface area (Å²) in [6, 6.07) is 8.22. The van der Waals surface area contributed by atoms with Crippen LogP contribution >= 0.6 is 23.2 Å². The number of benzene rings is 2. The molecule has 1 N–H and O–H groups in total. The van der Waals surface area contributed by atoms with Gasteiger partial charge in [0, 0.05) is 5.02 Å². The van der Waals surface area contributed by atoms with Crippen molar-refractivity contribution in [2.75, 3.05) is 4.72 Å². The van der Waals surface area contributed by atoms with Gasteiger partial charge < -0.3 is 0 Å². The summed E-state index contributed by atoms with van der Waals surface area (Å²) < 4.78 is 40.2. The first-order chi connectivity index (χ1) is 9.29. The number of anilines is 1. The van der Waals surface area contributed by atoms with Crippen LogP contribution in [0.25, 0.3) is 0 Å². The van der Waals surface area contributed by atoms with Crippen LogP contribution in [0, 0.1) is 12.7 Å². The molecule has 0 amide bonds. The van der Waals surface area contributed by atoms with Crippen LogP contribution in [-0.4, -0.2) is 8.42 Å². The second kappa shape index (κ2) is 5.60. The van der Waals surface area contributed by atoms with Gasteiger partial charge in [0.1, 0.15) is 10.7 Å². The molecule has 7 heteroatoms. The highest BCUT2D eigenvalue weighted by molar-refractivity contribution is 7.92. The van der Waals surface area contributed by atoms with Gasteiger partial charge in [-0.25, -0.2) is 12.8 Å². The second-order valence-corrected chi connectivity index (χ2v) is 6.66. The van der Waals surface area contributed by atoms with E-state index in [4.69, 9.17) is 23.2 Å². The highest BCUT2D eigenvalue weighted by Gasteiger charge is 2.20. The molecule has 0 atom stereocenters. The first-order valence-corrected chi connectivity index (χ1v) is 7.77. The van der Waals surface area contributed by atoms with Gasteiger partial charge in [-0.15, -0.1) is 0 Å². The Bertz CT molecular complexity index is 763. The zero-order valence-corrected chi connectivity index (χ0v) is 12.7. The van der Waals surface area contributed by atoms with Crippen LogP contribution < -0.4 is 4.72 Å². The fourth-order valence-electron chi connectivity index (χ4n) is 1.59. The van der Waals surface area contributed by atoms with E-state index in [1.54, 1.807) is 13.0 Å². The minimum absolute atomic E-state index is 0.00872. The standard InChI is InChI=1S/C13H10Cl2FNO2S/c1-8-2-5-12(11(16)6-8)17-20(18,19)13-7-9(14)3-4-10(13)15/h2-7,17H,1H3. The van der Waals surface area contributed by atoms with Crippen molar-refractivity contribution >= 4 is 38.9 Å². The molecule has 0 aliphatic heterocycles. The number of aryl methyl sites for hydroxylation is 1. The molecule has 2 rings (SSSR count). The van der Waals surface area contributed by atoms with Gasteiger partial charge in [-0.3, -0.25) is 4.72 Å². The number of nitrogens with one attached hydrogen (secondary N) is 1. The zero-order chi connectivity index (χ0) is 14.9. The van der Waals surface area contributed by atoms with Crippen LogP contribution in [0.5, 0.6) is 0 Å². The molecule has 3 nitrogen and oxygen atoms in total. The van der Waals surface area contributed by atoms with Crippen LogP contribution in [0.1, 0.15) is 5.56 Å². The lowest BCUT2D eigenvalue weighted by Gasteiger charge is -2.11. The average Bonchev–Trinajstić information content (AvgIpc) is 2.35. The molecule has 0 spiro atoms. The van der Waals surface area contributed by atoms with Gasteiger partial charge in [-0.2, -0.15) is 0 Å². The fraction of sp³-hybridized carbons (Fsp3) is 0.0769. The maximum absolute atomic E-state index is 13.7. The Hall–Kier alpha value is -1.30. The number of sulfonamides is 1. The van der Waals surface area contributed by atoms with Crippen molar-refractivity contribution in [3.05, 3.63) is 57.8 Å². The maximum Gasteiger partial charge on any atom is 0.263 e. The Morgan fingerprint density at radius 3 is 2.45 bits per heavy atom. The van der Waals surface area contributed by atoms with E-state index in [0.717, 1.165) is 0 Å². The van der Waals surface area contributed by atoms with Crippen LogP contribution in [0.4, 0.5) is 10.1 Å². The SMILES string of the molecule is Cc1ccc(NS(=O)(=O)c2cc(Cl)ccc2Cl)c(F)c1. The molecule has 0 saturated heterocycles. The van der Waals surface area contributed by atoms with Crippen molar-refractivity contribution in [3.8, 4) is 0 Å². The highest BCUT2D eigenvalue weighted by atomic mass is 35.5. The molecule has 0 aliphatic rings. The Morgan fingerprint density at radius 2 is 1.80 bits per heavy atom. The minimum atomic E-state index is -4.01. The summed E-state index contributed by atoms with van der Waals surface area (Å²) in [6.45, 7) is 1.70. The van der Waals surface area contributed by atoms with Crippen molar-refractivity contribution in [3.63, 3.8) is 0 Å². The van der Waals surface area contributed by atoms with Crippen molar-refractivity contribution in [1.29, 1.82) is 0 Å². The molecular formula is C13H10Cl2FNO2S. The van der Waals surface area contributed by atoms with E-state index in [0.29, 0.717) is 5.56 Å². The van der Waals surface area contributed by atoms with Crippen molar-refractivity contribution in [2.24, 2.45) is 0 Å². The van der Waals surface area contributed by atoms with Gasteiger partial charge in [0.25, 0.3) is 10.0 Å². The number of rotatable bonds is 3. The molecular weight excluding hydrogens is 324 g/mol. The Balaban J connectivity index is 2.43. The van der Waals surface area contributed by atoms with E-state index in [-0.39, 0.29) is 20.6 Å². The molecule has 2 aromatic rings. The molecule has 106 valence electrons. The maximum atomic E-state index is 13.7. The topological polar surface area (TPSA) is 46.2 Å². The van der Waals surface area contributed by atoms with E-state index in [2.05, 4.69) is 4.72 Å². The molecule has 0 aromatic heterocycles. The van der Waals surface area contributed by atoms with Gasteiger partial charge in [0.05, 0.1) is 10.7 Å². The summed E-state index contributed by atoms with van der Waals surface area (Å²) >= 11 is 11.6. The molecule has 0 radical (unpaired) electrons. The Labute approximate surface area is 126 Å². The van der Waals surface area contributed by atoms with Crippen LogP contribution in [0.15, 0.2) is 41.3 Å². The molecule has 0 unspecified atom stereocenters. The Morgan fingerprint density at radius 1 is 1.10 bits per heavy atom. The monoisotopic (exact) mass is 333 g/mol. The summed E-state index contributed by atoms with van der Waals surface area (Å²) in [5.74, 6) is -0.660. The van der Waals surface area contributed by atoms with Gasteiger partial charge in [-0.05, 0) is 42.8 Å². The van der Waals surface area contributed by atoms with Crippen LogP contribution in [0.2, 0.25) is 10.0 Å². The van der Waals surface area contributed by atoms with Gasteiger partial charge in [0.2, 0.25) is 0 Å². The van der Waals surface area contributed by atoms with Crippen molar-refractivity contribution in [2.45, 2.75) is 11.8 Å². The predicted octanol–water partition coefficient (Wildman–Crippen LogP) is 4.24. The van der Waals surface area contributed by atoms with E-state index >= 15 is 0 Å². The molecule has 0 fully saturated rings. The number of hydrogen-bond acceptors (Lipinski definition) is 2. The summed E-state index contributed by atoms with van der Waals surface area (Å²) in [4.78, 5) is -0.202. The zero-order valence-electron chi connectivity index (χ0n) is 10.3. The third kappa shape index (κ3) is 3.23. The molecule has 20 heavy (non-hydrogen) atoms. The lowest BCUT2D eigenvalue weighted by atomic mass is 10.2. The van der Waals surface area contributed by atoms with Gasteiger partial charge in [0.15, 0.2) is 0 Å². The van der Waals surface area contributed by atoms with E-state index < -0.39 is 15.8 Å². The number of halogens is 3. The third-order valence-electron chi connectivity index (χ3n) is 2.55. The third-order valence-corrected chi connectivity index (χ3v) is 4.63. The smallest absolute Gasteiger partial charge is 0.263 e. The summed E-state index contributed by atoms with van der Waals surface area (Å²) in [5, 5.41) is 0.230. The number of hydrogen-bond donors (Lipinski definition) is 1. The highest BCUT2D eigenvalue weighted by Crippen LogP contribution is 2.27. The van der Waals surface area contributed by atoms with Gasteiger partial charge >= 0.3 is 0 Å². The van der Waals surface area contributed by atoms with E-state index in [1.165, 1.54) is 30.3 Å². The molecule has 0 saturated carbocycles. The van der Waals surface area contributed by atoms with Crippen molar-refractivity contribution < 1.29 is 12.8 Å². The quantitative estimate of drug-likeness (QED) is 0.912.